The van der Waals surface area contributed by atoms with Gasteiger partial charge in [-0.1, -0.05) is 12.1 Å². The van der Waals surface area contributed by atoms with E-state index in [0.717, 1.165) is 34.9 Å². The lowest BCUT2D eigenvalue weighted by Crippen LogP contribution is -2.41. The maximum absolute atomic E-state index is 12.8. The van der Waals surface area contributed by atoms with E-state index in [9.17, 15) is 8.42 Å². The molecule has 0 amide bonds. The van der Waals surface area contributed by atoms with Crippen molar-refractivity contribution < 1.29 is 13.2 Å². The average molecular weight is 441 g/mol. The Kier molecular flexibility index (Phi) is 5.22. The van der Waals surface area contributed by atoms with Gasteiger partial charge in [-0.3, -0.25) is 9.58 Å². The van der Waals surface area contributed by atoms with Gasteiger partial charge in [-0.2, -0.15) is 0 Å². The van der Waals surface area contributed by atoms with E-state index in [1.54, 1.807) is 24.4 Å². The molecule has 1 fully saturated rings. The molecule has 3 aromatic heterocycles. The zero-order valence-electron chi connectivity index (χ0n) is 17.2. The van der Waals surface area contributed by atoms with Gasteiger partial charge < -0.3 is 9.84 Å². The van der Waals surface area contributed by atoms with Crippen molar-refractivity contribution in [2.24, 2.45) is 7.05 Å². The summed E-state index contributed by atoms with van der Waals surface area (Å²) in [6.07, 6.45) is 3.68. The molecule has 0 aliphatic carbocycles. The van der Waals surface area contributed by atoms with Gasteiger partial charge in [0.25, 0.3) is 0 Å². The van der Waals surface area contributed by atoms with Crippen LogP contribution in [0, 0.1) is 0 Å². The van der Waals surface area contributed by atoms with Crippen LogP contribution in [0.3, 0.4) is 0 Å². The van der Waals surface area contributed by atoms with Crippen LogP contribution in [0.25, 0.3) is 33.2 Å². The molecule has 1 aliphatic heterocycles. The Morgan fingerprint density at radius 2 is 2.06 bits per heavy atom. The minimum Gasteiger partial charge on any atom is -0.379 e. The number of nitrogens with zero attached hydrogens (tertiary/aromatic N) is 4. The molecule has 9 nitrogen and oxygen atoms in total. The maximum Gasteiger partial charge on any atom is 0.240 e. The predicted molar refractivity (Wildman–Crippen MR) is 118 cm³/mol. The summed E-state index contributed by atoms with van der Waals surface area (Å²) in [4.78, 5) is 11.5. The molecule has 162 valence electrons. The van der Waals surface area contributed by atoms with Gasteiger partial charge in [0.2, 0.25) is 10.0 Å². The third-order valence-corrected chi connectivity index (χ3v) is 7.07. The molecule has 0 radical (unpaired) electrons. The number of morpholine rings is 1. The molecule has 10 heteroatoms. The summed E-state index contributed by atoms with van der Waals surface area (Å²) in [5.74, 6) is 0. The van der Waals surface area contributed by atoms with Crippen molar-refractivity contribution in [1.82, 2.24) is 29.4 Å². The quantitative estimate of drug-likeness (QED) is 0.473. The minimum atomic E-state index is -3.61. The smallest absolute Gasteiger partial charge is 0.240 e. The van der Waals surface area contributed by atoms with Crippen LogP contribution in [-0.4, -0.2) is 72.5 Å². The predicted octanol–water partition coefficient (Wildman–Crippen LogP) is 1.73. The second-order valence-electron chi connectivity index (χ2n) is 7.65. The van der Waals surface area contributed by atoms with Gasteiger partial charge in [0.15, 0.2) is 5.65 Å². The van der Waals surface area contributed by atoms with Crippen molar-refractivity contribution in [3.8, 4) is 11.3 Å². The largest absolute Gasteiger partial charge is 0.379 e. The third-order valence-electron chi connectivity index (χ3n) is 5.62. The number of nitrogens with one attached hydrogen (secondary N) is 2. The molecule has 4 aromatic rings. The van der Waals surface area contributed by atoms with Gasteiger partial charge >= 0.3 is 0 Å². The van der Waals surface area contributed by atoms with Gasteiger partial charge in [-0.25, -0.2) is 23.1 Å². The molecular formula is C21H24N6O3S. The number of ether oxygens (including phenoxy) is 1. The fourth-order valence-corrected chi connectivity index (χ4v) is 5.02. The van der Waals surface area contributed by atoms with Gasteiger partial charge in [0.05, 0.1) is 29.3 Å². The minimum absolute atomic E-state index is 0.226. The lowest BCUT2D eigenvalue weighted by atomic mass is 10.1. The molecule has 1 aliphatic rings. The first kappa shape index (κ1) is 20.1. The summed E-state index contributed by atoms with van der Waals surface area (Å²) in [6.45, 7) is 4.06. The number of sulfonamides is 1. The Balaban J connectivity index is 1.39. The summed E-state index contributed by atoms with van der Waals surface area (Å²) in [7, 11) is -1.68. The number of rotatable bonds is 6. The van der Waals surface area contributed by atoms with Crippen molar-refractivity contribution >= 4 is 32.0 Å². The van der Waals surface area contributed by atoms with Crippen LogP contribution in [0.5, 0.6) is 0 Å². The van der Waals surface area contributed by atoms with Crippen LogP contribution in [0.15, 0.2) is 47.6 Å². The molecule has 0 unspecified atom stereocenters. The number of aromatic amines is 1. The number of H-pyrrole nitrogens is 1. The van der Waals surface area contributed by atoms with E-state index in [1.165, 1.54) is 0 Å². The lowest BCUT2D eigenvalue weighted by Gasteiger charge is -2.26. The Bertz CT molecular complexity index is 1340. The fraction of sp³-hybridized carbons (Fsp3) is 0.333. The van der Waals surface area contributed by atoms with Crippen LogP contribution in [0.2, 0.25) is 0 Å². The van der Waals surface area contributed by atoms with E-state index in [2.05, 4.69) is 24.7 Å². The maximum atomic E-state index is 12.8. The van der Waals surface area contributed by atoms with Crippen molar-refractivity contribution in [2.45, 2.75) is 4.90 Å². The Morgan fingerprint density at radius 3 is 2.90 bits per heavy atom. The van der Waals surface area contributed by atoms with Crippen LogP contribution in [-0.2, 0) is 21.8 Å². The van der Waals surface area contributed by atoms with E-state index in [4.69, 9.17) is 4.74 Å². The van der Waals surface area contributed by atoms with Crippen molar-refractivity contribution in [3.05, 3.63) is 42.7 Å². The van der Waals surface area contributed by atoms with Crippen LogP contribution in [0.1, 0.15) is 0 Å². The summed E-state index contributed by atoms with van der Waals surface area (Å²) < 4.78 is 35.6. The van der Waals surface area contributed by atoms with E-state index in [1.807, 2.05) is 30.1 Å². The van der Waals surface area contributed by atoms with Gasteiger partial charge in [0, 0.05) is 62.0 Å². The number of hydrogen-bond donors (Lipinski definition) is 2. The lowest BCUT2D eigenvalue weighted by molar-refractivity contribution is 0.0390. The molecule has 1 saturated heterocycles. The SMILES string of the molecule is Cn1[nH]cc2cnc3nc(-c4cccc(S(=O)(=O)NCCN5CCOCC5)c4)cc3c21. The Hall–Kier alpha value is -2.79. The first-order valence-electron chi connectivity index (χ1n) is 10.2. The molecule has 31 heavy (non-hydrogen) atoms. The molecule has 2 N–H and O–H groups in total. The monoisotopic (exact) mass is 440 g/mol. The fourth-order valence-electron chi connectivity index (χ4n) is 3.96. The third kappa shape index (κ3) is 3.94. The number of pyridine rings is 1. The van der Waals surface area contributed by atoms with Gasteiger partial charge in [0.1, 0.15) is 0 Å². The molecule has 5 rings (SSSR count). The van der Waals surface area contributed by atoms with Crippen molar-refractivity contribution in [3.63, 3.8) is 0 Å². The summed E-state index contributed by atoms with van der Waals surface area (Å²) in [5, 5.41) is 5.06. The number of aryl methyl sites for hydroxylation is 1. The van der Waals surface area contributed by atoms with Gasteiger partial charge in [-0.15, -0.1) is 0 Å². The Morgan fingerprint density at radius 1 is 1.23 bits per heavy atom. The highest BCUT2D eigenvalue weighted by atomic mass is 32.2. The zero-order chi connectivity index (χ0) is 21.4. The molecule has 1 aromatic carbocycles. The normalized spacial score (nSPS) is 15.8. The average Bonchev–Trinajstić information content (AvgIpc) is 3.38. The van der Waals surface area contributed by atoms with Crippen LogP contribution >= 0.6 is 0 Å². The molecule has 0 saturated carbocycles. The number of benzene rings is 1. The Labute approximate surface area is 180 Å². The molecule has 0 bridgehead atoms. The zero-order valence-corrected chi connectivity index (χ0v) is 18.0. The first-order valence-corrected chi connectivity index (χ1v) is 11.7. The molecule has 0 spiro atoms. The first-order chi connectivity index (χ1) is 15.0. The van der Waals surface area contributed by atoms with E-state index in [0.29, 0.717) is 37.6 Å². The van der Waals surface area contributed by atoms with Crippen molar-refractivity contribution in [2.75, 3.05) is 39.4 Å². The van der Waals surface area contributed by atoms with Gasteiger partial charge in [-0.05, 0) is 18.2 Å². The number of hydrogen-bond acceptors (Lipinski definition) is 6. The molecular weight excluding hydrogens is 416 g/mol. The highest BCUT2D eigenvalue weighted by molar-refractivity contribution is 7.89. The highest BCUT2D eigenvalue weighted by Gasteiger charge is 2.18. The summed E-state index contributed by atoms with van der Waals surface area (Å²) >= 11 is 0. The summed E-state index contributed by atoms with van der Waals surface area (Å²) in [5.41, 5.74) is 3.08. The number of aromatic nitrogens is 4. The van der Waals surface area contributed by atoms with E-state index in [-0.39, 0.29) is 4.90 Å². The summed E-state index contributed by atoms with van der Waals surface area (Å²) in [6, 6.07) is 8.82. The second-order valence-corrected chi connectivity index (χ2v) is 9.42. The van der Waals surface area contributed by atoms with Crippen molar-refractivity contribution in [1.29, 1.82) is 0 Å². The standard InChI is InChI=1S/C21H24N6O3S/c1-26-20-16(14-23-26)13-22-21-18(20)12-19(25-21)15-3-2-4-17(11-15)31(28,29)24-5-6-27-7-9-30-10-8-27/h2-4,11-14,23-24H,5-10H2,1H3. The number of fused-ring (bicyclic) bond motifs is 3. The second kappa shape index (κ2) is 8.04. The van der Waals surface area contributed by atoms with E-state index >= 15 is 0 Å². The van der Waals surface area contributed by atoms with Crippen LogP contribution in [0.4, 0.5) is 0 Å². The molecule has 0 atom stereocenters. The van der Waals surface area contributed by atoms with E-state index < -0.39 is 10.0 Å². The van der Waals surface area contributed by atoms with Crippen LogP contribution < -0.4 is 4.72 Å². The topological polar surface area (TPSA) is 105 Å². The molecule has 4 heterocycles. The highest BCUT2D eigenvalue weighted by Crippen LogP contribution is 2.29.